The number of nitrogens with one attached hydrogen (secondary N) is 1. The lowest BCUT2D eigenvalue weighted by Gasteiger charge is -2.20. The molecule has 1 rings (SSSR count). The molecule has 5 heteroatoms. The SMILES string of the molecule is NC(=O)C1(Cl)C=NC=CN1. The number of halogens is 1. The maximum atomic E-state index is 10.6. The number of primary amides is 1. The molecule has 0 saturated carbocycles. The fourth-order valence-corrected chi connectivity index (χ4v) is 0.639. The van der Waals surface area contributed by atoms with Crippen molar-refractivity contribution in [3.8, 4) is 0 Å². The molecule has 1 atom stereocenters. The van der Waals surface area contributed by atoms with Gasteiger partial charge in [0.1, 0.15) is 0 Å². The molecule has 0 aromatic rings. The molecule has 54 valence electrons. The molecule has 10 heavy (non-hydrogen) atoms. The fourth-order valence-electron chi connectivity index (χ4n) is 0.519. The predicted octanol–water partition coefficient (Wildman–Crippen LogP) is -0.448. The molecule has 1 aliphatic heterocycles. The summed E-state index contributed by atoms with van der Waals surface area (Å²) in [6, 6.07) is 0. The Balaban J connectivity index is 2.80. The Bertz CT molecular complexity index is 213. The third-order valence-corrected chi connectivity index (χ3v) is 1.46. The smallest absolute Gasteiger partial charge is 0.264 e. The Morgan fingerprint density at radius 3 is 2.80 bits per heavy atom. The zero-order chi connectivity index (χ0) is 7.61. The van der Waals surface area contributed by atoms with E-state index in [0.717, 1.165) is 0 Å². The average Bonchev–Trinajstić information content (AvgIpc) is 1.89. The van der Waals surface area contributed by atoms with Crippen molar-refractivity contribution >= 4 is 23.7 Å². The van der Waals surface area contributed by atoms with Gasteiger partial charge in [-0.05, 0) is 0 Å². The normalized spacial score (nSPS) is 29.7. The number of carbonyl (C=O) groups excluding carboxylic acids is 1. The maximum Gasteiger partial charge on any atom is 0.264 e. The van der Waals surface area contributed by atoms with Gasteiger partial charge in [0.15, 0.2) is 0 Å². The molecule has 1 aliphatic rings. The van der Waals surface area contributed by atoms with Crippen LogP contribution >= 0.6 is 11.6 Å². The summed E-state index contributed by atoms with van der Waals surface area (Å²) in [5, 5.41) is 2.56. The Morgan fingerprint density at radius 2 is 2.50 bits per heavy atom. The van der Waals surface area contributed by atoms with Gasteiger partial charge >= 0.3 is 0 Å². The first-order valence-corrected chi connectivity index (χ1v) is 2.99. The van der Waals surface area contributed by atoms with E-state index in [1.54, 1.807) is 0 Å². The van der Waals surface area contributed by atoms with E-state index >= 15 is 0 Å². The number of nitrogens with zero attached hydrogens (tertiary/aromatic N) is 1. The Labute approximate surface area is 62.8 Å². The highest BCUT2D eigenvalue weighted by Crippen LogP contribution is 2.09. The van der Waals surface area contributed by atoms with Crippen molar-refractivity contribution in [2.45, 2.75) is 5.00 Å². The van der Waals surface area contributed by atoms with Crippen LogP contribution in [-0.2, 0) is 4.79 Å². The minimum absolute atomic E-state index is 0.665. The lowest BCUT2D eigenvalue weighted by Crippen LogP contribution is -2.50. The van der Waals surface area contributed by atoms with E-state index < -0.39 is 10.9 Å². The summed E-state index contributed by atoms with van der Waals surface area (Å²) in [6.07, 6.45) is 4.18. The van der Waals surface area contributed by atoms with Crippen molar-refractivity contribution in [1.82, 2.24) is 5.32 Å². The van der Waals surface area contributed by atoms with E-state index in [9.17, 15) is 4.79 Å². The largest absolute Gasteiger partial charge is 0.366 e. The van der Waals surface area contributed by atoms with Crippen LogP contribution in [0.2, 0.25) is 0 Å². The molecule has 0 aromatic carbocycles. The highest BCUT2D eigenvalue weighted by molar-refractivity contribution is 6.43. The van der Waals surface area contributed by atoms with E-state index in [4.69, 9.17) is 17.3 Å². The number of amides is 1. The number of aliphatic imine (C=N–C) groups is 1. The summed E-state index contributed by atoms with van der Waals surface area (Å²) in [5.74, 6) is -0.665. The maximum absolute atomic E-state index is 10.6. The Morgan fingerprint density at radius 1 is 1.80 bits per heavy atom. The molecule has 1 heterocycles. The lowest BCUT2D eigenvalue weighted by atomic mass is 10.3. The summed E-state index contributed by atoms with van der Waals surface area (Å²) in [4.78, 5) is 12.9. The van der Waals surface area contributed by atoms with Gasteiger partial charge in [-0.1, -0.05) is 11.6 Å². The minimum Gasteiger partial charge on any atom is -0.366 e. The molecule has 3 N–H and O–H groups in total. The Hall–Kier alpha value is -1.03. The highest BCUT2D eigenvalue weighted by Gasteiger charge is 2.31. The number of hydrogen-bond donors (Lipinski definition) is 2. The van der Waals surface area contributed by atoms with Gasteiger partial charge in [-0.25, -0.2) is 0 Å². The second kappa shape index (κ2) is 2.30. The molecule has 0 fully saturated rings. The van der Waals surface area contributed by atoms with Crippen molar-refractivity contribution in [2.24, 2.45) is 10.7 Å². The van der Waals surface area contributed by atoms with Crippen LogP contribution in [0.4, 0.5) is 0 Å². The van der Waals surface area contributed by atoms with Crippen molar-refractivity contribution in [3.05, 3.63) is 12.4 Å². The predicted molar refractivity (Wildman–Crippen MR) is 38.5 cm³/mol. The summed E-state index contributed by atoms with van der Waals surface area (Å²) in [7, 11) is 0. The van der Waals surface area contributed by atoms with Crippen molar-refractivity contribution < 1.29 is 4.79 Å². The molecule has 0 radical (unpaired) electrons. The van der Waals surface area contributed by atoms with Crippen LogP contribution in [0, 0.1) is 0 Å². The average molecular weight is 160 g/mol. The number of rotatable bonds is 1. The van der Waals surface area contributed by atoms with Crippen molar-refractivity contribution in [1.29, 1.82) is 0 Å². The van der Waals surface area contributed by atoms with Crippen molar-refractivity contribution in [3.63, 3.8) is 0 Å². The van der Waals surface area contributed by atoms with Gasteiger partial charge in [-0.15, -0.1) is 0 Å². The quantitative estimate of drug-likeness (QED) is 0.402. The summed E-state index contributed by atoms with van der Waals surface area (Å²) in [6.45, 7) is 0. The van der Waals surface area contributed by atoms with Gasteiger partial charge < -0.3 is 11.1 Å². The second-order valence-electron chi connectivity index (χ2n) is 1.81. The molecule has 1 amide bonds. The first kappa shape index (κ1) is 7.08. The van der Waals surface area contributed by atoms with Crippen LogP contribution in [0.25, 0.3) is 0 Å². The Kier molecular flexibility index (Phi) is 1.63. The van der Waals surface area contributed by atoms with E-state index in [2.05, 4.69) is 10.3 Å². The third-order valence-electron chi connectivity index (χ3n) is 1.07. The highest BCUT2D eigenvalue weighted by atomic mass is 35.5. The molecule has 4 nitrogen and oxygen atoms in total. The van der Waals surface area contributed by atoms with Crippen LogP contribution in [0.1, 0.15) is 0 Å². The van der Waals surface area contributed by atoms with Gasteiger partial charge in [0.2, 0.25) is 5.00 Å². The molecule has 0 bridgehead atoms. The summed E-state index contributed by atoms with van der Waals surface area (Å²) < 4.78 is 0. The number of nitrogens with two attached hydrogens (primary N) is 1. The monoisotopic (exact) mass is 159 g/mol. The molecule has 0 saturated heterocycles. The molecular weight excluding hydrogens is 154 g/mol. The lowest BCUT2D eigenvalue weighted by molar-refractivity contribution is -0.119. The van der Waals surface area contributed by atoms with E-state index in [1.807, 2.05) is 0 Å². The van der Waals surface area contributed by atoms with Crippen LogP contribution < -0.4 is 11.1 Å². The first-order chi connectivity index (χ1) is 4.65. The molecule has 0 aromatic heterocycles. The van der Waals surface area contributed by atoms with Crippen LogP contribution in [0.15, 0.2) is 17.4 Å². The van der Waals surface area contributed by atoms with Crippen LogP contribution in [0.5, 0.6) is 0 Å². The fraction of sp³-hybridized carbons (Fsp3) is 0.200. The number of carbonyl (C=O) groups is 1. The zero-order valence-electron chi connectivity index (χ0n) is 5.04. The topological polar surface area (TPSA) is 67.5 Å². The van der Waals surface area contributed by atoms with Gasteiger partial charge in [0, 0.05) is 12.4 Å². The number of alkyl halides is 1. The zero-order valence-corrected chi connectivity index (χ0v) is 5.80. The van der Waals surface area contributed by atoms with Gasteiger partial charge in [-0.2, -0.15) is 0 Å². The summed E-state index contributed by atoms with van der Waals surface area (Å²) in [5.41, 5.74) is 4.94. The first-order valence-electron chi connectivity index (χ1n) is 2.61. The van der Waals surface area contributed by atoms with Crippen LogP contribution in [0.3, 0.4) is 0 Å². The summed E-state index contributed by atoms with van der Waals surface area (Å²) >= 11 is 5.62. The molecule has 0 aliphatic carbocycles. The minimum atomic E-state index is -1.34. The molecule has 0 spiro atoms. The van der Waals surface area contributed by atoms with E-state index in [0.29, 0.717) is 0 Å². The van der Waals surface area contributed by atoms with Gasteiger partial charge in [-0.3, -0.25) is 9.79 Å². The van der Waals surface area contributed by atoms with Crippen LogP contribution in [-0.4, -0.2) is 17.1 Å². The van der Waals surface area contributed by atoms with Crippen molar-refractivity contribution in [2.75, 3.05) is 0 Å². The van der Waals surface area contributed by atoms with E-state index in [1.165, 1.54) is 18.6 Å². The second-order valence-corrected chi connectivity index (χ2v) is 2.41. The van der Waals surface area contributed by atoms with E-state index in [-0.39, 0.29) is 0 Å². The third kappa shape index (κ3) is 1.11. The molecule has 1 unspecified atom stereocenters. The van der Waals surface area contributed by atoms with Gasteiger partial charge in [0.05, 0.1) is 6.21 Å². The standard InChI is InChI=1S/C5H6ClN3O/c6-5(4(7)10)3-8-1-2-9-5/h1-3,9H,(H2,7,10). The number of hydrogen-bond acceptors (Lipinski definition) is 3. The van der Waals surface area contributed by atoms with Gasteiger partial charge in [0.25, 0.3) is 5.91 Å². The molecular formula is C5H6ClN3O.